The monoisotopic (exact) mass is 395 g/mol. The molecular formula is C22H25N3O4. The summed E-state index contributed by atoms with van der Waals surface area (Å²) in [7, 11) is 1.63. The van der Waals surface area contributed by atoms with E-state index in [4.69, 9.17) is 4.74 Å². The molecule has 2 aromatic rings. The lowest BCUT2D eigenvalue weighted by molar-refractivity contribution is -0.136. The lowest BCUT2D eigenvalue weighted by Crippen LogP contribution is -2.46. The first kappa shape index (κ1) is 20.4. The van der Waals surface area contributed by atoms with Crippen LogP contribution in [-0.4, -0.2) is 48.9 Å². The van der Waals surface area contributed by atoms with Gasteiger partial charge in [0.05, 0.1) is 13.7 Å². The lowest BCUT2D eigenvalue weighted by atomic mass is 10.1. The molecule has 0 radical (unpaired) electrons. The van der Waals surface area contributed by atoms with Gasteiger partial charge >= 0.3 is 0 Å². The number of hydrogen-bond donors (Lipinski definition) is 2. The number of amides is 3. The van der Waals surface area contributed by atoms with Gasteiger partial charge in [-0.05, 0) is 48.2 Å². The first-order valence-electron chi connectivity index (χ1n) is 9.57. The molecule has 1 atom stereocenters. The second-order valence-corrected chi connectivity index (χ2v) is 6.95. The van der Waals surface area contributed by atoms with E-state index in [-0.39, 0.29) is 24.3 Å². The minimum atomic E-state index is -0.519. The van der Waals surface area contributed by atoms with E-state index in [9.17, 15) is 14.4 Å². The van der Waals surface area contributed by atoms with E-state index < -0.39 is 6.04 Å². The van der Waals surface area contributed by atoms with E-state index in [1.165, 1.54) is 11.8 Å². The zero-order valence-corrected chi connectivity index (χ0v) is 16.6. The van der Waals surface area contributed by atoms with Crippen molar-refractivity contribution in [2.75, 3.05) is 25.5 Å². The highest BCUT2D eigenvalue weighted by atomic mass is 16.5. The van der Waals surface area contributed by atoms with Crippen LogP contribution in [0.4, 0.5) is 5.69 Å². The average molecular weight is 395 g/mol. The number of hydrogen-bond acceptors (Lipinski definition) is 4. The average Bonchev–Trinajstić information content (AvgIpc) is 3.23. The summed E-state index contributed by atoms with van der Waals surface area (Å²) in [5.74, 6) is 0.0545. The molecule has 1 fully saturated rings. The minimum absolute atomic E-state index is 0.0889. The van der Waals surface area contributed by atoms with Crippen LogP contribution in [-0.2, 0) is 14.4 Å². The molecule has 1 aliphatic heterocycles. The van der Waals surface area contributed by atoms with Crippen LogP contribution in [0.15, 0.2) is 48.5 Å². The standard InChI is InChI=1S/C22H25N3O4/c1-15(26)23-14-21(27)25-12-4-7-20(25)22(28)24-18-10-8-16(9-11-18)17-5-3-6-19(13-17)29-2/h3,5-6,8-11,13,20H,4,7,12,14H2,1-2H3,(H,23,26)(H,24,28)/t20-/m0/s1. The summed E-state index contributed by atoms with van der Waals surface area (Å²) in [4.78, 5) is 37.5. The van der Waals surface area contributed by atoms with Crippen molar-refractivity contribution >= 4 is 23.4 Å². The van der Waals surface area contributed by atoms with Gasteiger partial charge in [0.2, 0.25) is 17.7 Å². The number of benzene rings is 2. The molecule has 1 saturated heterocycles. The highest BCUT2D eigenvalue weighted by molar-refractivity contribution is 5.98. The molecule has 3 amide bonds. The van der Waals surface area contributed by atoms with Crippen LogP contribution < -0.4 is 15.4 Å². The van der Waals surface area contributed by atoms with Gasteiger partial charge in [-0.25, -0.2) is 0 Å². The fraction of sp³-hybridized carbons (Fsp3) is 0.318. The van der Waals surface area contributed by atoms with Crippen LogP contribution in [0.25, 0.3) is 11.1 Å². The van der Waals surface area contributed by atoms with E-state index in [1.54, 1.807) is 7.11 Å². The number of ether oxygens (including phenoxy) is 1. The third-order valence-electron chi connectivity index (χ3n) is 4.92. The molecular weight excluding hydrogens is 370 g/mol. The molecule has 29 heavy (non-hydrogen) atoms. The molecule has 0 spiro atoms. The molecule has 0 aliphatic carbocycles. The van der Waals surface area contributed by atoms with Gasteiger partial charge in [0.25, 0.3) is 0 Å². The quantitative estimate of drug-likeness (QED) is 0.786. The molecule has 152 valence electrons. The Morgan fingerprint density at radius 3 is 2.55 bits per heavy atom. The molecule has 1 aliphatic rings. The lowest BCUT2D eigenvalue weighted by Gasteiger charge is -2.24. The number of methoxy groups -OCH3 is 1. The molecule has 0 saturated carbocycles. The summed E-state index contributed by atoms with van der Waals surface area (Å²) < 4.78 is 5.26. The Hall–Kier alpha value is -3.35. The fourth-order valence-electron chi connectivity index (χ4n) is 3.41. The zero-order valence-electron chi connectivity index (χ0n) is 16.6. The largest absolute Gasteiger partial charge is 0.497 e. The Labute approximate surface area is 170 Å². The topological polar surface area (TPSA) is 87.7 Å². The zero-order chi connectivity index (χ0) is 20.8. The predicted molar refractivity (Wildman–Crippen MR) is 110 cm³/mol. The normalized spacial score (nSPS) is 15.7. The van der Waals surface area contributed by atoms with Gasteiger partial charge in [-0.2, -0.15) is 0 Å². The second kappa shape index (κ2) is 9.23. The Morgan fingerprint density at radius 2 is 1.86 bits per heavy atom. The van der Waals surface area contributed by atoms with Crippen LogP contribution in [0.2, 0.25) is 0 Å². The second-order valence-electron chi connectivity index (χ2n) is 6.95. The van der Waals surface area contributed by atoms with E-state index >= 15 is 0 Å². The van der Waals surface area contributed by atoms with Crippen molar-refractivity contribution in [3.63, 3.8) is 0 Å². The maximum Gasteiger partial charge on any atom is 0.247 e. The summed E-state index contributed by atoms with van der Waals surface area (Å²) in [5.41, 5.74) is 2.70. The van der Waals surface area contributed by atoms with Crippen LogP contribution in [0.1, 0.15) is 19.8 Å². The summed E-state index contributed by atoms with van der Waals surface area (Å²) in [6, 6.07) is 14.8. The number of carbonyl (C=O) groups is 3. The molecule has 7 nitrogen and oxygen atoms in total. The molecule has 0 aromatic heterocycles. The first-order valence-corrected chi connectivity index (χ1v) is 9.57. The SMILES string of the molecule is COc1cccc(-c2ccc(NC(=O)[C@@H]3CCCN3C(=O)CNC(C)=O)cc2)c1. The molecule has 2 N–H and O–H groups in total. The molecule has 0 unspecified atom stereocenters. The van der Waals surface area contributed by atoms with Gasteiger partial charge in [0.15, 0.2) is 0 Å². The van der Waals surface area contributed by atoms with Gasteiger partial charge < -0.3 is 20.3 Å². The Bertz CT molecular complexity index is 895. The third kappa shape index (κ3) is 5.13. The van der Waals surface area contributed by atoms with Gasteiger partial charge in [-0.3, -0.25) is 14.4 Å². The maximum atomic E-state index is 12.7. The number of likely N-dealkylation sites (tertiary alicyclic amines) is 1. The van der Waals surface area contributed by atoms with Crippen LogP contribution in [0.5, 0.6) is 5.75 Å². The summed E-state index contributed by atoms with van der Waals surface area (Å²) >= 11 is 0. The maximum absolute atomic E-state index is 12.7. The molecule has 2 aromatic carbocycles. The number of nitrogens with one attached hydrogen (secondary N) is 2. The molecule has 1 heterocycles. The number of anilines is 1. The van der Waals surface area contributed by atoms with E-state index in [0.717, 1.165) is 23.3 Å². The van der Waals surface area contributed by atoms with Gasteiger partial charge in [0.1, 0.15) is 11.8 Å². The van der Waals surface area contributed by atoms with Crippen molar-refractivity contribution in [1.82, 2.24) is 10.2 Å². The first-order chi connectivity index (χ1) is 14.0. The Morgan fingerprint density at radius 1 is 1.10 bits per heavy atom. The summed E-state index contributed by atoms with van der Waals surface area (Å²) in [6.07, 6.45) is 1.37. The van der Waals surface area contributed by atoms with Crippen molar-refractivity contribution in [2.45, 2.75) is 25.8 Å². The number of rotatable bonds is 6. The number of nitrogens with zero attached hydrogens (tertiary/aromatic N) is 1. The Kier molecular flexibility index (Phi) is 6.49. The predicted octanol–water partition coefficient (Wildman–Crippen LogP) is 2.43. The van der Waals surface area contributed by atoms with Crippen molar-refractivity contribution < 1.29 is 19.1 Å². The number of carbonyl (C=O) groups excluding carboxylic acids is 3. The van der Waals surface area contributed by atoms with E-state index in [2.05, 4.69) is 10.6 Å². The van der Waals surface area contributed by atoms with Crippen molar-refractivity contribution in [1.29, 1.82) is 0 Å². The Balaban J connectivity index is 1.64. The van der Waals surface area contributed by atoms with E-state index in [1.807, 2.05) is 48.5 Å². The fourth-order valence-corrected chi connectivity index (χ4v) is 3.41. The molecule has 3 rings (SSSR count). The summed E-state index contributed by atoms with van der Waals surface area (Å²) in [5, 5.41) is 5.38. The van der Waals surface area contributed by atoms with Crippen LogP contribution in [0.3, 0.4) is 0 Å². The van der Waals surface area contributed by atoms with Crippen molar-refractivity contribution in [3.8, 4) is 16.9 Å². The highest BCUT2D eigenvalue weighted by Crippen LogP contribution is 2.25. The van der Waals surface area contributed by atoms with E-state index in [0.29, 0.717) is 18.7 Å². The van der Waals surface area contributed by atoms with Gasteiger partial charge in [0, 0.05) is 19.2 Å². The summed E-state index contributed by atoms with van der Waals surface area (Å²) in [6.45, 7) is 1.79. The van der Waals surface area contributed by atoms with Gasteiger partial charge in [-0.1, -0.05) is 24.3 Å². The molecule has 0 bridgehead atoms. The van der Waals surface area contributed by atoms with Gasteiger partial charge in [-0.15, -0.1) is 0 Å². The van der Waals surface area contributed by atoms with Crippen LogP contribution >= 0.6 is 0 Å². The third-order valence-corrected chi connectivity index (χ3v) is 4.92. The van der Waals surface area contributed by atoms with Crippen molar-refractivity contribution in [2.24, 2.45) is 0 Å². The molecule has 7 heteroatoms. The van der Waals surface area contributed by atoms with Crippen LogP contribution in [0, 0.1) is 0 Å². The van der Waals surface area contributed by atoms with Crippen molar-refractivity contribution in [3.05, 3.63) is 48.5 Å². The minimum Gasteiger partial charge on any atom is -0.497 e. The highest BCUT2D eigenvalue weighted by Gasteiger charge is 2.33. The smallest absolute Gasteiger partial charge is 0.247 e.